The largest absolute Gasteiger partial charge is 0.471 e. The molecule has 2 nitrogen and oxygen atoms in total. The number of hydrogen-bond acceptors (Lipinski definition) is 1. The van der Waals surface area contributed by atoms with Crippen LogP contribution >= 0.6 is 0 Å². The Morgan fingerprint density at radius 3 is 2.36 bits per heavy atom. The molecule has 0 saturated carbocycles. The number of carbonyl (C=O) groups excluding carboxylic acids is 1. The molecule has 1 fully saturated rings. The van der Waals surface area contributed by atoms with Crippen LogP contribution in [-0.4, -0.2) is 30.1 Å². The van der Waals surface area contributed by atoms with E-state index in [0.29, 0.717) is 12.3 Å². The molecule has 1 rings (SSSR count). The van der Waals surface area contributed by atoms with Gasteiger partial charge in [-0.15, -0.1) is 0 Å². The van der Waals surface area contributed by atoms with Crippen LogP contribution in [0.1, 0.15) is 20.3 Å². The van der Waals surface area contributed by atoms with Gasteiger partial charge in [0.25, 0.3) is 0 Å². The summed E-state index contributed by atoms with van der Waals surface area (Å²) in [5, 5.41) is 0. The summed E-state index contributed by atoms with van der Waals surface area (Å²) in [5.41, 5.74) is 0. The van der Waals surface area contributed by atoms with E-state index in [1.165, 1.54) is 0 Å². The Hall–Kier alpha value is -0.740. The van der Waals surface area contributed by atoms with Crippen molar-refractivity contribution >= 4 is 5.91 Å². The van der Waals surface area contributed by atoms with Gasteiger partial charge in [0.1, 0.15) is 0 Å². The number of amides is 1. The molecule has 0 N–H and O–H groups in total. The molecule has 0 aromatic rings. The highest BCUT2D eigenvalue weighted by atomic mass is 19.4. The molecule has 1 aliphatic rings. The summed E-state index contributed by atoms with van der Waals surface area (Å²) >= 11 is 0. The van der Waals surface area contributed by atoms with Crippen molar-refractivity contribution in [1.82, 2.24) is 4.90 Å². The highest BCUT2D eigenvalue weighted by Crippen LogP contribution is 2.27. The van der Waals surface area contributed by atoms with Gasteiger partial charge in [0.2, 0.25) is 0 Å². The van der Waals surface area contributed by atoms with E-state index in [-0.39, 0.29) is 19.0 Å². The van der Waals surface area contributed by atoms with Crippen LogP contribution in [0.5, 0.6) is 0 Å². The molecule has 0 bridgehead atoms. The minimum absolute atomic E-state index is 0.210. The van der Waals surface area contributed by atoms with E-state index in [1.807, 2.05) is 13.8 Å². The Bertz CT molecular complexity index is 225. The second-order valence-electron chi connectivity index (χ2n) is 4.04. The van der Waals surface area contributed by atoms with Crippen molar-refractivity contribution in [3.63, 3.8) is 0 Å². The Labute approximate surface area is 81.1 Å². The fourth-order valence-electron chi connectivity index (χ4n) is 1.70. The van der Waals surface area contributed by atoms with Gasteiger partial charge in [-0.1, -0.05) is 13.8 Å². The zero-order valence-corrected chi connectivity index (χ0v) is 8.27. The van der Waals surface area contributed by atoms with Crippen LogP contribution in [0.3, 0.4) is 0 Å². The van der Waals surface area contributed by atoms with E-state index in [0.717, 1.165) is 4.90 Å². The minimum Gasteiger partial charge on any atom is -0.335 e. The van der Waals surface area contributed by atoms with Crippen LogP contribution < -0.4 is 0 Å². The SMILES string of the molecule is CC(C)C1CCN(C(=O)C(F)(F)F)C1. The monoisotopic (exact) mass is 209 g/mol. The maximum absolute atomic E-state index is 12.0. The molecule has 1 heterocycles. The van der Waals surface area contributed by atoms with Crippen LogP contribution in [-0.2, 0) is 4.79 Å². The first-order chi connectivity index (χ1) is 6.32. The van der Waals surface area contributed by atoms with Gasteiger partial charge in [0.15, 0.2) is 0 Å². The zero-order chi connectivity index (χ0) is 10.9. The maximum atomic E-state index is 12.0. The molecule has 0 radical (unpaired) electrons. The molecule has 82 valence electrons. The fourth-order valence-corrected chi connectivity index (χ4v) is 1.70. The smallest absolute Gasteiger partial charge is 0.335 e. The summed E-state index contributed by atoms with van der Waals surface area (Å²) < 4.78 is 36.1. The molecule has 5 heteroatoms. The van der Waals surface area contributed by atoms with Crippen molar-refractivity contribution < 1.29 is 18.0 Å². The summed E-state index contributed by atoms with van der Waals surface area (Å²) in [4.78, 5) is 11.7. The Morgan fingerprint density at radius 2 is 2.00 bits per heavy atom. The highest BCUT2D eigenvalue weighted by molar-refractivity contribution is 5.82. The van der Waals surface area contributed by atoms with E-state index in [9.17, 15) is 18.0 Å². The normalized spacial score (nSPS) is 23.3. The molecule has 14 heavy (non-hydrogen) atoms. The van der Waals surface area contributed by atoms with E-state index >= 15 is 0 Å². The second kappa shape index (κ2) is 3.79. The summed E-state index contributed by atoms with van der Waals surface area (Å²) in [7, 11) is 0. The van der Waals surface area contributed by atoms with Crippen molar-refractivity contribution in [2.45, 2.75) is 26.4 Å². The van der Waals surface area contributed by atoms with Gasteiger partial charge >= 0.3 is 12.1 Å². The first-order valence-electron chi connectivity index (χ1n) is 4.68. The van der Waals surface area contributed by atoms with Crippen LogP contribution in [0, 0.1) is 11.8 Å². The number of rotatable bonds is 1. The van der Waals surface area contributed by atoms with Crippen LogP contribution in [0.25, 0.3) is 0 Å². The standard InChI is InChI=1S/C9H14F3NO/c1-6(2)7-3-4-13(5-7)8(14)9(10,11)12/h6-7H,3-5H2,1-2H3. The van der Waals surface area contributed by atoms with Crippen LogP contribution in [0.2, 0.25) is 0 Å². The van der Waals surface area contributed by atoms with Crippen molar-refractivity contribution in [2.24, 2.45) is 11.8 Å². The van der Waals surface area contributed by atoms with Crippen molar-refractivity contribution in [2.75, 3.05) is 13.1 Å². The molecule has 0 aromatic carbocycles. The van der Waals surface area contributed by atoms with E-state index in [2.05, 4.69) is 0 Å². The zero-order valence-electron chi connectivity index (χ0n) is 8.27. The van der Waals surface area contributed by atoms with Gasteiger partial charge in [0, 0.05) is 13.1 Å². The summed E-state index contributed by atoms with van der Waals surface area (Å²) in [5.74, 6) is -1.15. The number of likely N-dealkylation sites (tertiary alicyclic amines) is 1. The molecular formula is C9H14F3NO. The number of alkyl halides is 3. The van der Waals surface area contributed by atoms with Crippen LogP contribution in [0.15, 0.2) is 0 Å². The highest BCUT2D eigenvalue weighted by Gasteiger charge is 2.44. The summed E-state index contributed by atoms with van der Waals surface area (Å²) in [6.45, 7) is 4.41. The fraction of sp³-hybridized carbons (Fsp3) is 0.889. The third-order valence-corrected chi connectivity index (χ3v) is 2.70. The first kappa shape index (κ1) is 11.3. The number of halogens is 3. The Morgan fingerprint density at radius 1 is 1.43 bits per heavy atom. The third kappa shape index (κ3) is 2.39. The number of nitrogens with zero attached hydrogens (tertiary/aromatic N) is 1. The predicted octanol–water partition coefficient (Wildman–Crippen LogP) is 2.05. The van der Waals surface area contributed by atoms with E-state index in [1.54, 1.807) is 0 Å². The maximum Gasteiger partial charge on any atom is 0.471 e. The van der Waals surface area contributed by atoms with E-state index in [4.69, 9.17) is 0 Å². The van der Waals surface area contributed by atoms with Crippen molar-refractivity contribution in [1.29, 1.82) is 0 Å². The molecule has 1 atom stereocenters. The lowest BCUT2D eigenvalue weighted by atomic mass is 9.95. The van der Waals surface area contributed by atoms with Gasteiger partial charge in [-0.3, -0.25) is 4.79 Å². The lowest BCUT2D eigenvalue weighted by molar-refractivity contribution is -0.184. The van der Waals surface area contributed by atoms with Gasteiger partial charge < -0.3 is 4.90 Å². The number of carbonyl (C=O) groups is 1. The molecule has 1 aliphatic heterocycles. The summed E-state index contributed by atoms with van der Waals surface area (Å²) in [6.07, 6.45) is -4.04. The molecule has 1 unspecified atom stereocenters. The lowest BCUT2D eigenvalue weighted by Gasteiger charge is -2.19. The van der Waals surface area contributed by atoms with Crippen molar-refractivity contribution in [3.8, 4) is 0 Å². The quantitative estimate of drug-likeness (QED) is 0.647. The lowest BCUT2D eigenvalue weighted by Crippen LogP contribution is -2.39. The average molecular weight is 209 g/mol. The molecule has 0 aromatic heterocycles. The third-order valence-electron chi connectivity index (χ3n) is 2.70. The Balaban J connectivity index is 2.54. The molecule has 1 amide bonds. The first-order valence-corrected chi connectivity index (χ1v) is 4.68. The van der Waals surface area contributed by atoms with Gasteiger partial charge in [-0.2, -0.15) is 13.2 Å². The average Bonchev–Trinajstić information content (AvgIpc) is 2.48. The van der Waals surface area contributed by atoms with E-state index < -0.39 is 12.1 Å². The molecular weight excluding hydrogens is 195 g/mol. The molecule has 0 aliphatic carbocycles. The van der Waals surface area contributed by atoms with Crippen LogP contribution in [0.4, 0.5) is 13.2 Å². The van der Waals surface area contributed by atoms with Gasteiger partial charge in [-0.05, 0) is 18.3 Å². The summed E-state index contributed by atoms with van der Waals surface area (Å²) in [6, 6.07) is 0. The second-order valence-corrected chi connectivity index (χ2v) is 4.04. The predicted molar refractivity (Wildman–Crippen MR) is 45.6 cm³/mol. The van der Waals surface area contributed by atoms with Gasteiger partial charge in [0.05, 0.1) is 0 Å². The Kier molecular flexibility index (Phi) is 3.07. The molecule has 1 saturated heterocycles. The topological polar surface area (TPSA) is 20.3 Å². The molecule has 0 spiro atoms. The van der Waals surface area contributed by atoms with Crippen molar-refractivity contribution in [3.05, 3.63) is 0 Å². The number of hydrogen-bond donors (Lipinski definition) is 0. The minimum atomic E-state index is -4.72. The van der Waals surface area contributed by atoms with Gasteiger partial charge in [-0.25, -0.2) is 0 Å².